The lowest BCUT2D eigenvalue weighted by Gasteiger charge is -2.03. The molecular formula is C10H9NO3. The number of anilines is 1. The van der Waals surface area contributed by atoms with E-state index in [2.05, 4.69) is 5.32 Å². The molecule has 0 atom stereocenters. The average molecular weight is 191 g/mol. The molecule has 0 aliphatic rings. The zero-order valence-corrected chi connectivity index (χ0v) is 7.57. The normalized spacial score (nSPS) is 10.4. The molecule has 72 valence electrons. The van der Waals surface area contributed by atoms with E-state index in [1.807, 2.05) is 0 Å². The summed E-state index contributed by atoms with van der Waals surface area (Å²) in [5.41, 5.74) is 0.630. The van der Waals surface area contributed by atoms with Crippen molar-refractivity contribution in [1.82, 2.24) is 0 Å². The molecule has 0 fully saturated rings. The monoisotopic (exact) mass is 191 g/mol. The predicted molar refractivity (Wildman–Crippen MR) is 53.7 cm³/mol. The zero-order chi connectivity index (χ0) is 10.1. The third kappa shape index (κ3) is 1.31. The summed E-state index contributed by atoms with van der Waals surface area (Å²) in [6.45, 7) is 0. The summed E-state index contributed by atoms with van der Waals surface area (Å²) in [6.07, 6.45) is 0. The topological polar surface area (TPSA) is 62.5 Å². The SMILES string of the molecule is CNc1cc(=O)oc2cc(O)ccc12. The molecule has 14 heavy (non-hydrogen) atoms. The molecule has 1 heterocycles. The molecule has 0 saturated heterocycles. The Labute approximate surface area is 79.8 Å². The van der Waals surface area contributed by atoms with Gasteiger partial charge in [-0.05, 0) is 12.1 Å². The van der Waals surface area contributed by atoms with E-state index in [0.29, 0.717) is 11.3 Å². The summed E-state index contributed by atoms with van der Waals surface area (Å²) in [6, 6.07) is 6.03. The number of benzene rings is 1. The second kappa shape index (κ2) is 3.06. The van der Waals surface area contributed by atoms with Gasteiger partial charge < -0.3 is 14.8 Å². The van der Waals surface area contributed by atoms with Crippen LogP contribution in [0.5, 0.6) is 5.75 Å². The van der Waals surface area contributed by atoms with Crippen LogP contribution in [-0.2, 0) is 0 Å². The molecule has 0 unspecified atom stereocenters. The van der Waals surface area contributed by atoms with Gasteiger partial charge in [0, 0.05) is 24.6 Å². The predicted octanol–water partition coefficient (Wildman–Crippen LogP) is 1.54. The van der Waals surface area contributed by atoms with Gasteiger partial charge in [-0.15, -0.1) is 0 Å². The molecule has 0 bridgehead atoms. The first-order valence-corrected chi connectivity index (χ1v) is 4.15. The maximum absolute atomic E-state index is 11.1. The number of phenols is 1. The molecule has 2 N–H and O–H groups in total. The number of hydrogen-bond acceptors (Lipinski definition) is 4. The van der Waals surface area contributed by atoms with Crippen LogP contribution < -0.4 is 10.9 Å². The van der Waals surface area contributed by atoms with E-state index in [4.69, 9.17) is 4.42 Å². The van der Waals surface area contributed by atoms with Gasteiger partial charge in [0.1, 0.15) is 11.3 Å². The molecule has 0 aliphatic carbocycles. The van der Waals surface area contributed by atoms with Crippen molar-refractivity contribution in [2.45, 2.75) is 0 Å². The Morgan fingerprint density at radius 2 is 2.14 bits per heavy atom. The van der Waals surface area contributed by atoms with Crippen molar-refractivity contribution in [1.29, 1.82) is 0 Å². The lowest BCUT2D eigenvalue weighted by molar-refractivity contribution is 0.473. The Balaban J connectivity index is 2.87. The Kier molecular flexibility index (Phi) is 1.89. The highest BCUT2D eigenvalue weighted by molar-refractivity contribution is 5.90. The smallest absolute Gasteiger partial charge is 0.338 e. The second-order valence-corrected chi connectivity index (χ2v) is 2.91. The van der Waals surface area contributed by atoms with Crippen LogP contribution in [0.3, 0.4) is 0 Å². The summed E-state index contributed by atoms with van der Waals surface area (Å²) in [5.74, 6) is 0.0777. The summed E-state index contributed by atoms with van der Waals surface area (Å²) in [7, 11) is 1.72. The van der Waals surface area contributed by atoms with Crippen molar-refractivity contribution in [3.05, 3.63) is 34.7 Å². The van der Waals surface area contributed by atoms with Crippen molar-refractivity contribution >= 4 is 16.7 Å². The summed E-state index contributed by atoms with van der Waals surface area (Å²) >= 11 is 0. The molecular weight excluding hydrogens is 182 g/mol. The minimum atomic E-state index is -0.438. The van der Waals surface area contributed by atoms with E-state index in [1.54, 1.807) is 19.2 Å². The third-order valence-electron chi connectivity index (χ3n) is 2.00. The molecule has 0 saturated carbocycles. The summed E-state index contributed by atoms with van der Waals surface area (Å²) < 4.78 is 4.93. The summed E-state index contributed by atoms with van der Waals surface area (Å²) in [5, 5.41) is 12.9. The van der Waals surface area contributed by atoms with Crippen molar-refractivity contribution in [2.75, 3.05) is 12.4 Å². The van der Waals surface area contributed by atoms with Gasteiger partial charge in [0.2, 0.25) is 0 Å². The number of rotatable bonds is 1. The Hall–Kier alpha value is -1.97. The number of hydrogen-bond donors (Lipinski definition) is 2. The lowest BCUT2D eigenvalue weighted by Crippen LogP contribution is -2.00. The number of phenolic OH excluding ortho intramolecular Hbond substituents is 1. The van der Waals surface area contributed by atoms with E-state index in [-0.39, 0.29) is 5.75 Å². The van der Waals surface area contributed by atoms with Crippen molar-refractivity contribution < 1.29 is 9.52 Å². The molecule has 4 nitrogen and oxygen atoms in total. The van der Waals surface area contributed by atoms with E-state index in [1.165, 1.54) is 12.1 Å². The van der Waals surface area contributed by atoms with Crippen LogP contribution in [0.1, 0.15) is 0 Å². The van der Waals surface area contributed by atoms with Crippen LogP contribution in [0.4, 0.5) is 5.69 Å². The maximum Gasteiger partial charge on any atom is 0.338 e. The standard InChI is InChI=1S/C10H9NO3/c1-11-8-5-10(13)14-9-4-6(12)2-3-7(8)9/h2-5,11-12H,1H3. The Morgan fingerprint density at radius 3 is 2.86 bits per heavy atom. The molecule has 2 aromatic rings. The van der Waals surface area contributed by atoms with E-state index >= 15 is 0 Å². The number of aromatic hydroxyl groups is 1. The van der Waals surface area contributed by atoms with Crippen LogP contribution in [0.15, 0.2) is 33.5 Å². The van der Waals surface area contributed by atoms with Crippen molar-refractivity contribution in [3.63, 3.8) is 0 Å². The molecule has 0 amide bonds. The van der Waals surface area contributed by atoms with Gasteiger partial charge in [0.25, 0.3) is 0 Å². The molecule has 1 aromatic carbocycles. The minimum Gasteiger partial charge on any atom is -0.508 e. The van der Waals surface area contributed by atoms with Crippen LogP contribution in [0.25, 0.3) is 11.0 Å². The average Bonchev–Trinajstić information content (AvgIpc) is 2.15. The van der Waals surface area contributed by atoms with Crippen LogP contribution in [0, 0.1) is 0 Å². The molecule has 0 aliphatic heterocycles. The first-order valence-electron chi connectivity index (χ1n) is 4.15. The maximum atomic E-state index is 11.1. The van der Waals surface area contributed by atoms with E-state index in [9.17, 15) is 9.90 Å². The Morgan fingerprint density at radius 1 is 1.36 bits per heavy atom. The van der Waals surface area contributed by atoms with Crippen LogP contribution in [-0.4, -0.2) is 12.2 Å². The number of fused-ring (bicyclic) bond motifs is 1. The highest BCUT2D eigenvalue weighted by Gasteiger charge is 2.04. The number of nitrogens with one attached hydrogen (secondary N) is 1. The first-order chi connectivity index (χ1) is 6.70. The van der Waals surface area contributed by atoms with Crippen molar-refractivity contribution in [3.8, 4) is 5.75 Å². The highest BCUT2D eigenvalue weighted by atomic mass is 16.4. The van der Waals surface area contributed by atoms with Gasteiger partial charge in [-0.2, -0.15) is 0 Å². The second-order valence-electron chi connectivity index (χ2n) is 2.91. The molecule has 0 radical (unpaired) electrons. The van der Waals surface area contributed by atoms with Gasteiger partial charge in [-0.1, -0.05) is 0 Å². The fraction of sp³-hybridized carbons (Fsp3) is 0.100. The molecule has 2 rings (SSSR count). The molecule has 4 heteroatoms. The molecule has 0 spiro atoms. The van der Waals surface area contributed by atoms with Gasteiger partial charge in [-0.3, -0.25) is 0 Å². The van der Waals surface area contributed by atoms with Gasteiger partial charge in [0.05, 0.1) is 5.69 Å². The van der Waals surface area contributed by atoms with Crippen molar-refractivity contribution in [2.24, 2.45) is 0 Å². The van der Waals surface area contributed by atoms with E-state index in [0.717, 1.165) is 5.39 Å². The van der Waals surface area contributed by atoms with Gasteiger partial charge in [0.15, 0.2) is 0 Å². The largest absolute Gasteiger partial charge is 0.508 e. The van der Waals surface area contributed by atoms with E-state index < -0.39 is 5.63 Å². The van der Waals surface area contributed by atoms with Gasteiger partial charge >= 0.3 is 5.63 Å². The lowest BCUT2D eigenvalue weighted by atomic mass is 10.2. The zero-order valence-electron chi connectivity index (χ0n) is 7.57. The minimum absolute atomic E-state index is 0.0777. The third-order valence-corrected chi connectivity index (χ3v) is 2.00. The Bertz CT molecular complexity index is 530. The fourth-order valence-electron chi connectivity index (χ4n) is 1.36. The molecule has 1 aromatic heterocycles. The van der Waals surface area contributed by atoms with Crippen LogP contribution >= 0.6 is 0 Å². The fourth-order valence-corrected chi connectivity index (χ4v) is 1.36. The quantitative estimate of drug-likeness (QED) is 0.671. The van der Waals surface area contributed by atoms with Gasteiger partial charge in [-0.25, -0.2) is 4.79 Å². The van der Waals surface area contributed by atoms with Crippen LogP contribution in [0.2, 0.25) is 0 Å². The highest BCUT2D eigenvalue weighted by Crippen LogP contribution is 2.24. The first kappa shape index (κ1) is 8.62. The summed E-state index contributed by atoms with van der Waals surface area (Å²) in [4.78, 5) is 11.1.